The van der Waals surface area contributed by atoms with Crippen LogP contribution in [0.2, 0.25) is 0 Å². The molecule has 2 saturated heterocycles. The Hall–Kier alpha value is -4.53. The highest BCUT2D eigenvalue weighted by Crippen LogP contribution is 2.37. The number of carboxylic acid groups (broad SMARTS) is 2. The zero-order valence-corrected chi connectivity index (χ0v) is 23.4. The van der Waals surface area contributed by atoms with Gasteiger partial charge in [-0.3, -0.25) is 4.79 Å². The summed E-state index contributed by atoms with van der Waals surface area (Å²) >= 11 is 0. The second kappa shape index (κ2) is 12.7. The Kier molecular flexibility index (Phi) is 9.07. The van der Waals surface area contributed by atoms with E-state index in [0.717, 1.165) is 18.2 Å². The van der Waals surface area contributed by atoms with Crippen LogP contribution in [-0.4, -0.2) is 126 Å². The minimum atomic E-state index is -2.07. The number of ether oxygens (including phenoxy) is 5. The maximum Gasteiger partial charge on any atom is 0.335 e. The van der Waals surface area contributed by atoms with E-state index in [2.05, 4.69) is 0 Å². The highest BCUT2D eigenvalue weighted by atomic mass is 16.7. The minimum Gasteiger partial charge on any atom is -0.504 e. The SMILES string of the molecule is COc1ccc(-c2cc(=O)c3c(O[C@@H]4O[C@H](C(=O)O)[C@@H](O)[C@H](O)[C@H]4O)cc(O[C@@H]4O[C@H](C(=O)O)[C@@H](O)[C@H](O)[C@H]4O)cc3o2)cc1O. The molecule has 0 bridgehead atoms. The number of aliphatic hydroxyl groups is 6. The molecule has 2 fully saturated rings. The lowest BCUT2D eigenvalue weighted by atomic mass is 9.99. The predicted octanol–water partition coefficient (Wildman–Crippen LogP) is -2.28. The van der Waals surface area contributed by atoms with Crippen LogP contribution < -0.4 is 19.6 Å². The van der Waals surface area contributed by atoms with Crippen molar-refractivity contribution in [3.05, 3.63) is 46.6 Å². The number of aromatic hydroxyl groups is 1. The van der Waals surface area contributed by atoms with Gasteiger partial charge in [0.15, 0.2) is 29.1 Å². The average molecular weight is 653 g/mol. The molecule has 46 heavy (non-hydrogen) atoms. The van der Waals surface area contributed by atoms with Gasteiger partial charge in [-0.1, -0.05) is 0 Å². The molecule has 0 spiro atoms. The van der Waals surface area contributed by atoms with Crippen molar-refractivity contribution in [1.82, 2.24) is 0 Å². The molecule has 3 heterocycles. The first-order valence-electron chi connectivity index (χ1n) is 13.4. The van der Waals surface area contributed by atoms with E-state index in [-0.39, 0.29) is 39.5 Å². The van der Waals surface area contributed by atoms with E-state index in [1.54, 1.807) is 0 Å². The number of hydrogen-bond donors (Lipinski definition) is 9. The summed E-state index contributed by atoms with van der Waals surface area (Å²) in [5, 5.41) is 90.0. The van der Waals surface area contributed by atoms with E-state index in [1.807, 2.05) is 0 Å². The normalized spacial score (nSPS) is 31.3. The zero-order valence-electron chi connectivity index (χ0n) is 23.4. The molecule has 2 aliphatic heterocycles. The van der Waals surface area contributed by atoms with Crippen molar-refractivity contribution in [2.45, 2.75) is 61.4 Å². The van der Waals surface area contributed by atoms with E-state index in [0.29, 0.717) is 0 Å². The molecular weight excluding hydrogens is 624 g/mol. The number of phenols is 1. The smallest absolute Gasteiger partial charge is 0.335 e. The van der Waals surface area contributed by atoms with Crippen LogP contribution in [0.1, 0.15) is 0 Å². The van der Waals surface area contributed by atoms with Crippen LogP contribution in [0.4, 0.5) is 0 Å². The number of aliphatic hydroxyl groups excluding tert-OH is 6. The van der Waals surface area contributed by atoms with Crippen LogP contribution in [0.25, 0.3) is 22.3 Å². The fourth-order valence-corrected chi connectivity index (χ4v) is 4.93. The second-order valence-corrected chi connectivity index (χ2v) is 10.4. The molecule has 18 heteroatoms. The Morgan fingerprint density at radius 1 is 0.717 bits per heavy atom. The molecule has 1 aromatic heterocycles. The van der Waals surface area contributed by atoms with E-state index in [4.69, 9.17) is 28.1 Å². The molecule has 3 aromatic rings. The summed E-state index contributed by atoms with van der Waals surface area (Å²) in [6, 6.07) is 7.13. The number of hydrogen-bond acceptors (Lipinski definition) is 16. The Bertz CT molecular complexity index is 1690. The molecule has 0 aliphatic carbocycles. The lowest BCUT2D eigenvalue weighted by Gasteiger charge is -2.39. The third kappa shape index (κ3) is 6.02. The number of fused-ring (bicyclic) bond motifs is 1. The van der Waals surface area contributed by atoms with Crippen molar-refractivity contribution < 1.29 is 83.6 Å². The van der Waals surface area contributed by atoms with Crippen molar-refractivity contribution in [2.75, 3.05) is 7.11 Å². The number of aliphatic carboxylic acids is 2. The van der Waals surface area contributed by atoms with Gasteiger partial charge in [-0.15, -0.1) is 0 Å². The monoisotopic (exact) mass is 652 g/mol. The second-order valence-electron chi connectivity index (χ2n) is 10.4. The number of carboxylic acids is 2. The summed E-state index contributed by atoms with van der Waals surface area (Å²) in [6.45, 7) is 0. The third-order valence-electron chi connectivity index (χ3n) is 7.35. The molecule has 9 N–H and O–H groups in total. The predicted molar refractivity (Wildman–Crippen MR) is 146 cm³/mol. The summed E-state index contributed by atoms with van der Waals surface area (Å²) < 4.78 is 32.4. The summed E-state index contributed by atoms with van der Waals surface area (Å²) in [5.41, 5.74) is -0.898. The van der Waals surface area contributed by atoms with Crippen molar-refractivity contribution in [1.29, 1.82) is 0 Å². The quantitative estimate of drug-likeness (QED) is 0.124. The van der Waals surface area contributed by atoms with Crippen molar-refractivity contribution in [3.8, 4) is 34.3 Å². The summed E-state index contributed by atoms with van der Waals surface area (Å²) in [7, 11) is 1.32. The number of carbonyl (C=O) groups is 2. The molecule has 0 unspecified atom stereocenters. The first kappa shape index (κ1) is 32.9. The first-order valence-corrected chi connectivity index (χ1v) is 13.4. The van der Waals surface area contributed by atoms with Gasteiger partial charge in [-0.2, -0.15) is 0 Å². The van der Waals surface area contributed by atoms with Crippen LogP contribution in [-0.2, 0) is 19.1 Å². The van der Waals surface area contributed by atoms with E-state index >= 15 is 0 Å². The van der Waals surface area contributed by atoms with Crippen LogP contribution in [0.5, 0.6) is 23.0 Å². The van der Waals surface area contributed by atoms with Crippen LogP contribution in [0.3, 0.4) is 0 Å². The zero-order chi connectivity index (χ0) is 33.6. The number of methoxy groups -OCH3 is 1. The Morgan fingerprint density at radius 3 is 1.80 bits per heavy atom. The van der Waals surface area contributed by atoms with Gasteiger partial charge in [-0.25, -0.2) is 9.59 Å². The molecule has 0 amide bonds. The first-order chi connectivity index (χ1) is 21.7. The maximum absolute atomic E-state index is 13.4. The summed E-state index contributed by atoms with van der Waals surface area (Å²) in [6.07, 6.45) is -20.2. The maximum atomic E-state index is 13.4. The molecule has 18 nitrogen and oxygen atoms in total. The molecule has 10 atom stereocenters. The molecule has 248 valence electrons. The van der Waals surface area contributed by atoms with E-state index in [9.17, 15) is 60.3 Å². The van der Waals surface area contributed by atoms with Gasteiger partial charge in [-0.05, 0) is 18.2 Å². The van der Waals surface area contributed by atoms with Gasteiger partial charge in [0.1, 0.15) is 64.9 Å². The van der Waals surface area contributed by atoms with E-state index in [1.165, 1.54) is 25.3 Å². The largest absolute Gasteiger partial charge is 0.504 e. The van der Waals surface area contributed by atoms with Crippen LogP contribution in [0.15, 0.2) is 45.6 Å². The van der Waals surface area contributed by atoms with Crippen molar-refractivity contribution in [2.24, 2.45) is 0 Å². The molecular formula is C28H28O18. The van der Waals surface area contributed by atoms with Gasteiger partial charge in [0, 0.05) is 23.8 Å². The van der Waals surface area contributed by atoms with Gasteiger partial charge in [0.25, 0.3) is 0 Å². The van der Waals surface area contributed by atoms with Crippen LogP contribution in [0, 0.1) is 0 Å². The molecule has 0 radical (unpaired) electrons. The topological polar surface area (TPSA) is 293 Å². The molecule has 5 rings (SSSR count). The Morgan fingerprint density at radius 2 is 1.28 bits per heavy atom. The number of benzene rings is 2. The Balaban J connectivity index is 1.61. The van der Waals surface area contributed by atoms with Crippen molar-refractivity contribution >= 4 is 22.9 Å². The van der Waals surface area contributed by atoms with Gasteiger partial charge < -0.3 is 74.1 Å². The van der Waals surface area contributed by atoms with Gasteiger partial charge in [0.05, 0.1) is 7.11 Å². The highest BCUT2D eigenvalue weighted by Gasteiger charge is 2.49. The van der Waals surface area contributed by atoms with Gasteiger partial charge >= 0.3 is 11.9 Å². The lowest BCUT2D eigenvalue weighted by Crippen LogP contribution is -2.61. The fraction of sp³-hybridized carbons (Fsp3) is 0.393. The standard InChI is InChI=1S/C28H28O18/c1-41-12-3-2-8(4-10(12)29)13-7-11(30)16-14(43-13)5-9(42-27-21(35)17(31)19(33)23(45-27)25(37)38)6-15(16)44-28-22(36)18(32)20(34)24(46-28)26(39)40/h2-7,17-24,27-29,31-36H,1H3,(H,37,38)(H,39,40)/t17-,18-,19-,20-,21+,22+,23-,24-,27+,28+/m0/s1. The van der Waals surface area contributed by atoms with Gasteiger partial charge in [0.2, 0.25) is 12.6 Å². The number of phenolic OH excluding ortho intramolecular Hbond substituents is 1. The summed E-state index contributed by atoms with van der Waals surface area (Å²) in [5.74, 6) is -4.56. The van der Waals surface area contributed by atoms with E-state index < -0.39 is 84.5 Å². The lowest BCUT2D eigenvalue weighted by molar-refractivity contribution is -0.272. The Labute approximate surface area is 256 Å². The molecule has 0 saturated carbocycles. The van der Waals surface area contributed by atoms with Crippen molar-refractivity contribution in [3.63, 3.8) is 0 Å². The minimum absolute atomic E-state index is 0.101. The van der Waals surface area contributed by atoms with Crippen LogP contribution >= 0.6 is 0 Å². The fourth-order valence-electron chi connectivity index (χ4n) is 4.93. The summed E-state index contributed by atoms with van der Waals surface area (Å²) in [4.78, 5) is 36.6. The molecule has 2 aliphatic rings. The molecule has 2 aromatic carbocycles. The highest BCUT2D eigenvalue weighted by molar-refractivity contribution is 5.86. The average Bonchev–Trinajstić information content (AvgIpc) is 3.00. The third-order valence-corrected chi connectivity index (χ3v) is 7.35. The number of rotatable bonds is 8.